The summed E-state index contributed by atoms with van der Waals surface area (Å²) in [6.45, 7) is 4.08. The van der Waals surface area contributed by atoms with Gasteiger partial charge in [-0.15, -0.1) is 0 Å². The third-order valence-electron chi connectivity index (χ3n) is 3.55. The maximum Gasteiger partial charge on any atom is 0.321 e. The summed E-state index contributed by atoms with van der Waals surface area (Å²) in [6.07, 6.45) is 2.01. The Morgan fingerprint density at radius 2 is 2.10 bits per heavy atom. The summed E-state index contributed by atoms with van der Waals surface area (Å²) in [5, 5.41) is 8.16. The Bertz CT molecular complexity index is 502. The van der Waals surface area contributed by atoms with Gasteiger partial charge in [-0.05, 0) is 37.8 Å². The van der Waals surface area contributed by atoms with Crippen molar-refractivity contribution in [3.05, 3.63) is 35.4 Å². The van der Waals surface area contributed by atoms with E-state index in [0.717, 1.165) is 12.8 Å². The zero-order valence-electron chi connectivity index (χ0n) is 11.9. The van der Waals surface area contributed by atoms with Gasteiger partial charge in [0.1, 0.15) is 0 Å². The average Bonchev–Trinajstić information content (AvgIpc) is 2.82. The van der Waals surface area contributed by atoms with Crippen LogP contribution in [0.3, 0.4) is 0 Å². The molecule has 0 aromatic heterocycles. The van der Waals surface area contributed by atoms with Gasteiger partial charge in [0.05, 0.1) is 6.04 Å². The third kappa shape index (κ3) is 3.36. The highest BCUT2D eigenvalue weighted by Gasteiger charge is 2.25. The Labute approximate surface area is 119 Å². The molecule has 108 valence electrons. The lowest BCUT2D eigenvalue weighted by molar-refractivity contribution is -0.121. The first-order valence-corrected chi connectivity index (χ1v) is 7.04. The quantitative estimate of drug-likeness (QED) is 0.780. The Kier molecular flexibility index (Phi) is 4.74. The molecule has 2 atom stereocenters. The molecule has 0 spiro atoms. The Morgan fingerprint density at radius 1 is 1.35 bits per heavy atom. The fourth-order valence-corrected chi connectivity index (χ4v) is 2.53. The monoisotopic (exact) mass is 275 g/mol. The number of imide groups is 1. The predicted octanol–water partition coefficient (Wildman–Crippen LogP) is 1.50. The second-order valence-electron chi connectivity index (χ2n) is 5.03. The van der Waals surface area contributed by atoms with Crippen LogP contribution >= 0.6 is 0 Å². The molecule has 2 unspecified atom stereocenters. The Morgan fingerprint density at radius 3 is 2.85 bits per heavy atom. The van der Waals surface area contributed by atoms with Crippen LogP contribution in [0, 0.1) is 0 Å². The zero-order valence-corrected chi connectivity index (χ0v) is 11.9. The zero-order chi connectivity index (χ0) is 14.5. The lowest BCUT2D eigenvalue weighted by Crippen LogP contribution is -2.48. The van der Waals surface area contributed by atoms with Crippen molar-refractivity contribution in [2.24, 2.45) is 0 Å². The van der Waals surface area contributed by atoms with Crippen molar-refractivity contribution in [3.63, 3.8) is 0 Å². The number of rotatable bonds is 4. The molecule has 2 rings (SSSR count). The number of carbonyl (C=O) groups excluding carboxylic acids is 2. The molecule has 0 fully saturated rings. The molecule has 0 heterocycles. The molecule has 3 amide bonds. The smallest absolute Gasteiger partial charge is 0.321 e. The molecule has 20 heavy (non-hydrogen) atoms. The summed E-state index contributed by atoms with van der Waals surface area (Å²) in [6, 6.07) is 7.59. The van der Waals surface area contributed by atoms with Crippen LogP contribution in [0.5, 0.6) is 0 Å². The lowest BCUT2D eigenvalue weighted by atomic mass is 10.1. The molecule has 1 aliphatic rings. The van der Waals surface area contributed by atoms with Gasteiger partial charge in [-0.1, -0.05) is 24.3 Å². The van der Waals surface area contributed by atoms with Crippen molar-refractivity contribution in [2.75, 3.05) is 6.54 Å². The Hall–Kier alpha value is -1.88. The first-order chi connectivity index (χ1) is 9.61. The van der Waals surface area contributed by atoms with Gasteiger partial charge >= 0.3 is 6.03 Å². The summed E-state index contributed by atoms with van der Waals surface area (Å²) < 4.78 is 0. The van der Waals surface area contributed by atoms with Crippen LogP contribution in [0.4, 0.5) is 4.79 Å². The average molecular weight is 275 g/mol. The SMILES string of the molecule is CCNC(=O)NC(=O)C(C)NC1CCc2ccccc21. The van der Waals surface area contributed by atoms with Gasteiger partial charge in [-0.3, -0.25) is 15.4 Å². The number of fused-ring (bicyclic) bond motifs is 1. The Balaban J connectivity index is 1.91. The van der Waals surface area contributed by atoms with Crippen LogP contribution < -0.4 is 16.0 Å². The van der Waals surface area contributed by atoms with Gasteiger partial charge < -0.3 is 5.32 Å². The summed E-state index contributed by atoms with van der Waals surface area (Å²) in [4.78, 5) is 23.2. The molecule has 0 radical (unpaired) electrons. The van der Waals surface area contributed by atoms with Crippen LogP contribution in [0.2, 0.25) is 0 Å². The van der Waals surface area contributed by atoms with Gasteiger partial charge in [0.2, 0.25) is 5.91 Å². The van der Waals surface area contributed by atoms with Crippen molar-refractivity contribution in [2.45, 2.75) is 38.8 Å². The van der Waals surface area contributed by atoms with Crippen molar-refractivity contribution in [1.29, 1.82) is 0 Å². The van der Waals surface area contributed by atoms with E-state index in [1.54, 1.807) is 13.8 Å². The van der Waals surface area contributed by atoms with E-state index in [1.807, 2.05) is 12.1 Å². The van der Waals surface area contributed by atoms with Gasteiger partial charge in [-0.25, -0.2) is 4.79 Å². The van der Waals surface area contributed by atoms with Gasteiger partial charge in [0.15, 0.2) is 0 Å². The minimum absolute atomic E-state index is 0.182. The molecule has 1 aliphatic carbocycles. The van der Waals surface area contributed by atoms with Crippen molar-refractivity contribution in [1.82, 2.24) is 16.0 Å². The first kappa shape index (κ1) is 14.5. The van der Waals surface area contributed by atoms with Crippen molar-refractivity contribution >= 4 is 11.9 Å². The van der Waals surface area contributed by atoms with Crippen LogP contribution in [0.1, 0.15) is 37.4 Å². The standard InChI is InChI=1S/C15H21N3O2/c1-3-16-15(20)18-14(19)10(2)17-13-9-8-11-6-4-5-7-12(11)13/h4-7,10,13,17H,3,8-9H2,1-2H3,(H2,16,18,19,20). The summed E-state index contributed by atoms with van der Waals surface area (Å²) in [5.74, 6) is -0.305. The van der Waals surface area contributed by atoms with E-state index in [-0.39, 0.29) is 11.9 Å². The van der Waals surface area contributed by atoms with Crippen LogP contribution in [-0.2, 0) is 11.2 Å². The molecule has 1 aromatic carbocycles. The van der Waals surface area contributed by atoms with Crippen LogP contribution in [-0.4, -0.2) is 24.5 Å². The molecule has 5 nitrogen and oxygen atoms in total. The van der Waals surface area contributed by atoms with Gasteiger partial charge in [0.25, 0.3) is 0 Å². The number of carbonyl (C=O) groups is 2. The molecule has 1 aromatic rings. The molecule has 0 saturated carbocycles. The maximum absolute atomic E-state index is 11.9. The van der Waals surface area contributed by atoms with E-state index in [2.05, 4.69) is 28.1 Å². The summed E-state index contributed by atoms with van der Waals surface area (Å²) >= 11 is 0. The second kappa shape index (κ2) is 6.52. The fraction of sp³-hybridized carbons (Fsp3) is 0.467. The van der Waals surface area contributed by atoms with E-state index < -0.39 is 12.1 Å². The number of urea groups is 1. The number of benzene rings is 1. The molecule has 5 heteroatoms. The first-order valence-electron chi connectivity index (χ1n) is 7.04. The van der Waals surface area contributed by atoms with Crippen LogP contribution in [0.25, 0.3) is 0 Å². The van der Waals surface area contributed by atoms with Crippen molar-refractivity contribution < 1.29 is 9.59 Å². The molecule has 0 bridgehead atoms. The molecule has 0 saturated heterocycles. The summed E-state index contributed by atoms with van der Waals surface area (Å²) in [7, 11) is 0. The van der Waals surface area contributed by atoms with Crippen molar-refractivity contribution in [3.8, 4) is 0 Å². The fourth-order valence-electron chi connectivity index (χ4n) is 2.53. The van der Waals surface area contributed by atoms with E-state index in [4.69, 9.17) is 0 Å². The highest BCUT2D eigenvalue weighted by atomic mass is 16.2. The third-order valence-corrected chi connectivity index (χ3v) is 3.55. The van der Waals surface area contributed by atoms with E-state index >= 15 is 0 Å². The topological polar surface area (TPSA) is 70.2 Å². The minimum Gasteiger partial charge on any atom is -0.338 e. The van der Waals surface area contributed by atoms with E-state index in [1.165, 1.54) is 11.1 Å². The molecule has 3 N–H and O–H groups in total. The highest BCUT2D eigenvalue weighted by Crippen LogP contribution is 2.30. The number of nitrogens with one attached hydrogen (secondary N) is 3. The number of hydrogen-bond acceptors (Lipinski definition) is 3. The van der Waals surface area contributed by atoms with Gasteiger partial charge in [0, 0.05) is 12.6 Å². The second-order valence-corrected chi connectivity index (χ2v) is 5.03. The van der Waals surface area contributed by atoms with E-state index in [9.17, 15) is 9.59 Å². The van der Waals surface area contributed by atoms with E-state index in [0.29, 0.717) is 6.54 Å². The minimum atomic E-state index is -0.446. The predicted molar refractivity (Wildman–Crippen MR) is 77.3 cm³/mol. The molecular weight excluding hydrogens is 254 g/mol. The normalized spacial score (nSPS) is 18.2. The molecule has 0 aliphatic heterocycles. The highest BCUT2D eigenvalue weighted by molar-refractivity contribution is 5.96. The summed E-state index contributed by atoms with van der Waals surface area (Å²) in [5.41, 5.74) is 2.59. The number of hydrogen-bond donors (Lipinski definition) is 3. The number of amides is 3. The van der Waals surface area contributed by atoms with Crippen LogP contribution in [0.15, 0.2) is 24.3 Å². The largest absolute Gasteiger partial charge is 0.338 e. The molecular formula is C15H21N3O2. The lowest BCUT2D eigenvalue weighted by Gasteiger charge is -2.19. The number of aryl methyl sites for hydroxylation is 1. The maximum atomic E-state index is 11.9. The van der Waals surface area contributed by atoms with Gasteiger partial charge in [-0.2, -0.15) is 0 Å².